The topological polar surface area (TPSA) is 74.4 Å². The second-order valence-corrected chi connectivity index (χ2v) is 7.88. The molecule has 1 aliphatic rings. The number of benzene rings is 1. The van der Waals surface area contributed by atoms with Crippen molar-refractivity contribution < 1.29 is 14.3 Å². The predicted octanol–water partition coefficient (Wildman–Crippen LogP) is 3.78. The number of hydrogen-bond donors (Lipinski definition) is 2. The molecule has 0 radical (unpaired) electrons. The number of amides is 1. The first kappa shape index (κ1) is 18.9. The zero-order valence-corrected chi connectivity index (χ0v) is 16.9. The van der Waals surface area contributed by atoms with Crippen molar-refractivity contribution in [2.45, 2.75) is 32.7 Å². The lowest BCUT2D eigenvalue weighted by Crippen LogP contribution is -2.46. The highest BCUT2D eigenvalue weighted by molar-refractivity contribution is 9.10. The van der Waals surface area contributed by atoms with Gasteiger partial charge in [-0.25, -0.2) is 4.79 Å². The fourth-order valence-electron chi connectivity index (χ4n) is 3.52. The second-order valence-electron chi connectivity index (χ2n) is 6.96. The summed E-state index contributed by atoms with van der Waals surface area (Å²) in [5, 5.41) is 3.73. The number of aromatic nitrogens is 1. The number of esters is 1. The average Bonchev–Trinajstić information content (AvgIpc) is 2.98. The predicted molar refractivity (Wildman–Crippen MR) is 105 cm³/mol. The first-order chi connectivity index (χ1) is 12.4. The molecule has 0 aliphatic carbocycles. The molecule has 26 heavy (non-hydrogen) atoms. The van der Waals surface area contributed by atoms with E-state index < -0.39 is 5.97 Å². The fourth-order valence-corrected chi connectivity index (χ4v) is 3.88. The van der Waals surface area contributed by atoms with Gasteiger partial charge in [-0.3, -0.25) is 9.69 Å². The first-order valence-corrected chi connectivity index (χ1v) is 9.64. The molecule has 1 fully saturated rings. The van der Waals surface area contributed by atoms with Crippen molar-refractivity contribution in [2.75, 3.05) is 25.5 Å². The Morgan fingerprint density at radius 3 is 2.88 bits per heavy atom. The Morgan fingerprint density at radius 1 is 1.42 bits per heavy atom. The molecule has 7 heteroatoms. The molecule has 3 rings (SSSR count). The van der Waals surface area contributed by atoms with Crippen LogP contribution in [0.25, 0.3) is 10.9 Å². The summed E-state index contributed by atoms with van der Waals surface area (Å²) in [7, 11) is 1.33. The van der Waals surface area contributed by atoms with E-state index in [1.165, 1.54) is 13.5 Å². The van der Waals surface area contributed by atoms with Crippen molar-refractivity contribution in [1.82, 2.24) is 9.88 Å². The number of methoxy groups -OCH3 is 1. The van der Waals surface area contributed by atoms with Gasteiger partial charge in [0.25, 0.3) is 0 Å². The van der Waals surface area contributed by atoms with Crippen LogP contribution in [0.15, 0.2) is 22.7 Å². The molecule has 2 N–H and O–H groups in total. The summed E-state index contributed by atoms with van der Waals surface area (Å²) in [6.07, 6.45) is 2.31. The molecule has 2 heterocycles. The minimum absolute atomic E-state index is 0.120. The summed E-state index contributed by atoms with van der Waals surface area (Å²) in [5.41, 5.74) is 1.49. The lowest BCUT2D eigenvalue weighted by atomic mass is 9.99. The maximum Gasteiger partial charge on any atom is 0.356 e. The second kappa shape index (κ2) is 7.80. The van der Waals surface area contributed by atoms with Gasteiger partial charge in [-0.05, 0) is 50.4 Å². The van der Waals surface area contributed by atoms with Gasteiger partial charge < -0.3 is 15.0 Å². The highest BCUT2D eigenvalue weighted by Crippen LogP contribution is 2.31. The molecule has 0 unspecified atom stereocenters. The SMILES string of the molecule is COC(=O)c1[nH]c2ccc(Br)cc2c1NC(=O)[C@H](C)N1CCC[C@H](C)C1. The Balaban J connectivity index is 1.90. The minimum atomic E-state index is -0.508. The third-order valence-corrected chi connectivity index (χ3v) is 5.51. The Hall–Kier alpha value is -1.86. The van der Waals surface area contributed by atoms with Crippen LogP contribution in [0.5, 0.6) is 0 Å². The van der Waals surface area contributed by atoms with Crippen LogP contribution < -0.4 is 5.32 Å². The van der Waals surface area contributed by atoms with E-state index in [0.29, 0.717) is 11.6 Å². The number of ether oxygens (including phenoxy) is 1. The van der Waals surface area contributed by atoms with Crippen molar-refractivity contribution in [2.24, 2.45) is 5.92 Å². The number of carbonyl (C=O) groups excluding carboxylic acids is 2. The number of H-pyrrole nitrogens is 1. The molecule has 0 saturated carbocycles. The smallest absolute Gasteiger partial charge is 0.356 e. The molecule has 1 aliphatic heterocycles. The number of rotatable bonds is 4. The summed E-state index contributed by atoms with van der Waals surface area (Å²) in [4.78, 5) is 30.3. The molecule has 1 saturated heterocycles. The van der Waals surface area contributed by atoms with Crippen LogP contribution in [-0.2, 0) is 9.53 Å². The average molecular weight is 422 g/mol. The van der Waals surface area contributed by atoms with Crippen molar-refractivity contribution >= 4 is 44.4 Å². The number of halogens is 1. The summed E-state index contributed by atoms with van der Waals surface area (Å²) < 4.78 is 5.73. The highest BCUT2D eigenvalue weighted by Gasteiger charge is 2.28. The molecule has 0 bridgehead atoms. The minimum Gasteiger partial charge on any atom is -0.464 e. The standard InChI is InChI=1S/C19H24BrN3O3/c1-11-5-4-8-23(10-11)12(2)18(24)22-16-14-9-13(20)6-7-15(14)21-17(16)19(25)26-3/h6-7,9,11-12,21H,4-5,8,10H2,1-3H3,(H,22,24)/t11-,12-/m0/s1. The summed E-state index contributed by atoms with van der Waals surface area (Å²) >= 11 is 3.44. The van der Waals surface area contributed by atoms with Gasteiger partial charge in [0.05, 0.1) is 18.8 Å². The molecule has 1 aromatic carbocycles. The van der Waals surface area contributed by atoms with E-state index >= 15 is 0 Å². The van der Waals surface area contributed by atoms with Crippen LogP contribution in [-0.4, -0.2) is 48.0 Å². The largest absolute Gasteiger partial charge is 0.464 e. The molecule has 1 amide bonds. The van der Waals surface area contributed by atoms with Gasteiger partial charge in [0.2, 0.25) is 5.91 Å². The lowest BCUT2D eigenvalue weighted by Gasteiger charge is -2.34. The van der Waals surface area contributed by atoms with E-state index in [1.807, 2.05) is 25.1 Å². The van der Waals surface area contributed by atoms with Gasteiger partial charge in [0.1, 0.15) is 5.69 Å². The van der Waals surface area contributed by atoms with Crippen LogP contribution in [0, 0.1) is 5.92 Å². The van der Waals surface area contributed by atoms with Gasteiger partial charge in [0, 0.05) is 21.9 Å². The molecule has 2 atom stereocenters. The normalized spacial score (nSPS) is 19.3. The Kier molecular flexibility index (Phi) is 5.67. The molecular formula is C19H24BrN3O3. The number of anilines is 1. The summed E-state index contributed by atoms with van der Waals surface area (Å²) in [6, 6.07) is 5.35. The van der Waals surface area contributed by atoms with Crippen molar-refractivity contribution in [3.63, 3.8) is 0 Å². The zero-order chi connectivity index (χ0) is 18.8. The van der Waals surface area contributed by atoms with Crippen LogP contribution >= 0.6 is 15.9 Å². The van der Waals surface area contributed by atoms with Gasteiger partial charge in [0.15, 0.2) is 0 Å². The molecule has 2 aromatic rings. The quantitative estimate of drug-likeness (QED) is 0.736. The molecule has 0 spiro atoms. The number of aromatic amines is 1. The van der Waals surface area contributed by atoms with Crippen molar-refractivity contribution in [3.05, 3.63) is 28.4 Å². The van der Waals surface area contributed by atoms with Gasteiger partial charge in [-0.2, -0.15) is 0 Å². The van der Waals surface area contributed by atoms with E-state index in [4.69, 9.17) is 4.74 Å². The van der Waals surface area contributed by atoms with E-state index in [1.54, 1.807) is 0 Å². The molecule has 6 nitrogen and oxygen atoms in total. The maximum atomic E-state index is 12.9. The van der Waals surface area contributed by atoms with Crippen molar-refractivity contribution in [1.29, 1.82) is 0 Å². The highest BCUT2D eigenvalue weighted by atomic mass is 79.9. The molecular weight excluding hydrogens is 398 g/mol. The monoisotopic (exact) mass is 421 g/mol. The molecule has 140 valence electrons. The van der Waals surface area contributed by atoms with Crippen LogP contribution in [0.1, 0.15) is 37.2 Å². The first-order valence-electron chi connectivity index (χ1n) is 8.85. The van der Waals surface area contributed by atoms with E-state index in [-0.39, 0.29) is 17.6 Å². The van der Waals surface area contributed by atoms with Gasteiger partial charge in [-0.1, -0.05) is 22.9 Å². The number of hydrogen-bond acceptors (Lipinski definition) is 4. The fraction of sp³-hybridized carbons (Fsp3) is 0.474. The lowest BCUT2D eigenvalue weighted by molar-refractivity contribution is -0.121. The number of piperidine rings is 1. The number of likely N-dealkylation sites (tertiary alicyclic amines) is 1. The third kappa shape index (κ3) is 3.78. The third-order valence-electron chi connectivity index (χ3n) is 5.01. The van der Waals surface area contributed by atoms with Crippen LogP contribution in [0.2, 0.25) is 0 Å². The van der Waals surface area contributed by atoms with E-state index in [2.05, 4.69) is 38.1 Å². The number of carbonyl (C=O) groups is 2. The number of nitrogens with zero attached hydrogens (tertiary/aromatic N) is 1. The van der Waals surface area contributed by atoms with Gasteiger partial charge >= 0.3 is 5.97 Å². The Morgan fingerprint density at radius 2 is 2.19 bits per heavy atom. The number of nitrogens with one attached hydrogen (secondary N) is 2. The van der Waals surface area contributed by atoms with E-state index in [9.17, 15) is 9.59 Å². The number of fused-ring (bicyclic) bond motifs is 1. The summed E-state index contributed by atoms with van der Waals surface area (Å²) in [5.74, 6) is -0.0364. The summed E-state index contributed by atoms with van der Waals surface area (Å²) in [6.45, 7) is 5.96. The Bertz CT molecular complexity index is 833. The zero-order valence-electron chi connectivity index (χ0n) is 15.3. The van der Waals surface area contributed by atoms with E-state index in [0.717, 1.165) is 34.9 Å². The van der Waals surface area contributed by atoms with Crippen LogP contribution in [0.4, 0.5) is 5.69 Å². The van der Waals surface area contributed by atoms with Crippen molar-refractivity contribution in [3.8, 4) is 0 Å². The van der Waals surface area contributed by atoms with Crippen LogP contribution in [0.3, 0.4) is 0 Å². The molecule has 1 aromatic heterocycles. The maximum absolute atomic E-state index is 12.9. The Labute approximate surface area is 161 Å². The van der Waals surface area contributed by atoms with Gasteiger partial charge in [-0.15, -0.1) is 0 Å².